The summed E-state index contributed by atoms with van der Waals surface area (Å²) in [5, 5.41) is 3.85. The molecule has 2 heterocycles. The van der Waals surface area contributed by atoms with Gasteiger partial charge in [-0.15, -0.1) is 0 Å². The molecule has 1 fully saturated rings. The van der Waals surface area contributed by atoms with Crippen LogP contribution in [-0.4, -0.2) is 36.7 Å². The first kappa shape index (κ1) is 21.5. The average molecular weight is 438 g/mol. The van der Waals surface area contributed by atoms with E-state index in [-0.39, 0.29) is 5.91 Å². The summed E-state index contributed by atoms with van der Waals surface area (Å²) < 4.78 is 27.1. The van der Waals surface area contributed by atoms with Crippen molar-refractivity contribution in [3.63, 3.8) is 0 Å². The van der Waals surface area contributed by atoms with E-state index in [1.54, 1.807) is 28.6 Å². The number of amides is 1. The zero-order valence-corrected chi connectivity index (χ0v) is 18.7. The second kappa shape index (κ2) is 8.77. The van der Waals surface area contributed by atoms with Gasteiger partial charge < -0.3 is 5.32 Å². The summed E-state index contributed by atoms with van der Waals surface area (Å²) in [5.41, 5.74) is 4.04. The van der Waals surface area contributed by atoms with E-state index in [1.165, 1.54) is 0 Å². The fourth-order valence-corrected chi connectivity index (χ4v) is 5.45. The fourth-order valence-electron chi connectivity index (χ4n) is 3.93. The number of fused-ring (bicyclic) bond motifs is 1. The third-order valence-electron chi connectivity index (χ3n) is 5.73. The van der Waals surface area contributed by atoms with Gasteiger partial charge in [-0.05, 0) is 62.6 Å². The molecule has 0 saturated carbocycles. The number of aromatic nitrogens is 1. The molecule has 162 valence electrons. The summed E-state index contributed by atoms with van der Waals surface area (Å²) in [6.45, 7) is 5.31. The first-order chi connectivity index (χ1) is 14.8. The number of pyridine rings is 1. The fraction of sp³-hybridized carbons (Fsp3) is 0.333. The van der Waals surface area contributed by atoms with Crippen molar-refractivity contribution in [1.82, 2.24) is 14.6 Å². The lowest BCUT2D eigenvalue weighted by Crippen LogP contribution is -2.35. The summed E-state index contributed by atoms with van der Waals surface area (Å²) in [6, 6.07) is 14.6. The highest BCUT2D eigenvalue weighted by Crippen LogP contribution is 2.21. The highest BCUT2D eigenvalue weighted by molar-refractivity contribution is 7.89. The standard InChI is InChI=1S/C24H27N3O3S/c1-17-6-11-23-20(14-17)15-22(18(2)26-23)24(28)25-16-19-7-9-21(10-8-19)31(29,30)27-12-4-3-5-13-27/h6-11,14-15H,3-5,12-13,16H2,1-2H3,(H,25,28). The van der Waals surface area contributed by atoms with Gasteiger partial charge in [0.15, 0.2) is 0 Å². The monoisotopic (exact) mass is 437 g/mol. The Balaban J connectivity index is 1.45. The minimum absolute atomic E-state index is 0.196. The molecule has 0 spiro atoms. The molecule has 3 aromatic rings. The number of sulfonamides is 1. The molecule has 4 rings (SSSR count). The quantitative estimate of drug-likeness (QED) is 0.655. The average Bonchev–Trinajstić information content (AvgIpc) is 2.78. The minimum atomic E-state index is -3.45. The molecule has 31 heavy (non-hydrogen) atoms. The number of rotatable bonds is 5. The summed E-state index contributed by atoms with van der Waals surface area (Å²) in [5.74, 6) is -0.196. The number of carbonyl (C=O) groups is 1. The van der Waals surface area contributed by atoms with Crippen LogP contribution in [0.1, 0.15) is 46.4 Å². The van der Waals surface area contributed by atoms with Crippen LogP contribution >= 0.6 is 0 Å². The van der Waals surface area contributed by atoms with Gasteiger partial charge in [0.1, 0.15) is 0 Å². The number of hydrogen-bond acceptors (Lipinski definition) is 4. The van der Waals surface area contributed by atoms with Crippen LogP contribution in [0.5, 0.6) is 0 Å². The maximum Gasteiger partial charge on any atom is 0.253 e. The smallest absolute Gasteiger partial charge is 0.253 e. The molecule has 1 N–H and O–H groups in total. The van der Waals surface area contributed by atoms with Crippen molar-refractivity contribution in [2.75, 3.05) is 13.1 Å². The van der Waals surface area contributed by atoms with Crippen LogP contribution in [0.2, 0.25) is 0 Å². The van der Waals surface area contributed by atoms with Gasteiger partial charge in [-0.3, -0.25) is 9.78 Å². The number of nitrogens with zero attached hydrogens (tertiary/aromatic N) is 2. The molecule has 1 aliphatic heterocycles. The maximum absolute atomic E-state index is 12.8. The van der Waals surface area contributed by atoms with Gasteiger partial charge in [0.05, 0.1) is 21.7 Å². The Hall–Kier alpha value is -2.77. The molecule has 1 aromatic heterocycles. The van der Waals surface area contributed by atoms with Crippen molar-refractivity contribution in [2.45, 2.75) is 44.6 Å². The summed E-state index contributed by atoms with van der Waals surface area (Å²) in [7, 11) is -3.45. The van der Waals surface area contributed by atoms with Gasteiger partial charge in [-0.2, -0.15) is 4.31 Å². The van der Waals surface area contributed by atoms with Crippen molar-refractivity contribution < 1.29 is 13.2 Å². The predicted molar refractivity (Wildman–Crippen MR) is 121 cm³/mol. The van der Waals surface area contributed by atoms with Crippen LogP contribution in [0.3, 0.4) is 0 Å². The van der Waals surface area contributed by atoms with E-state index >= 15 is 0 Å². The van der Waals surface area contributed by atoms with E-state index in [2.05, 4.69) is 10.3 Å². The van der Waals surface area contributed by atoms with Crippen molar-refractivity contribution in [1.29, 1.82) is 0 Å². The summed E-state index contributed by atoms with van der Waals surface area (Å²) >= 11 is 0. The lowest BCUT2D eigenvalue weighted by molar-refractivity contribution is 0.0950. The lowest BCUT2D eigenvalue weighted by atomic mass is 10.1. The molecule has 0 unspecified atom stereocenters. The molecule has 6 nitrogen and oxygen atoms in total. The number of piperidine rings is 1. The van der Waals surface area contributed by atoms with Crippen LogP contribution in [0.25, 0.3) is 10.9 Å². The number of hydrogen-bond donors (Lipinski definition) is 1. The van der Waals surface area contributed by atoms with Gasteiger partial charge >= 0.3 is 0 Å². The first-order valence-corrected chi connectivity index (χ1v) is 12.0. The molecule has 1 aliphatic rings. The van der Waals surface area contributed by atoms with E-state index < -0.39 is 10.0 Å². The molecule has 0 aliphatic carbocycles. The molecule has 0 bridgehead atoms. The van der Waals surface area contributed by atoms with E-state index in [0.717, 1.165) is 41.3 Å². The van der Waals surface area contributed by atoms with Gasteiger partial charge in [0.2, 0.25) is 10.0 Å². The van der Waals surface area contributed by atoms with E-state index in [0.29, 0.717) is 35.8 Å². The third-order valence-corrected chi connectivity index (χ3v) is 7.65. The Labute approximate surface area is 183 Å². The third kappa shape index (κ3) is 4.62. The first-order valence-electron chi connectivity index (χ1n) is 10.6. The van der Waals surface area contributed by atoms with E-state index in [9.17, 15) is 13.2 Å². The van der Waals surface area contributed by atoms with Crippen LogP contribution in [0.15, 0.2) is 53.4 Å². The van der Waals surface area contributed by atoms with Crippen LogP contribution in [0, 0.1) is 13.8 Å². The topological polar surface area (TPSA) is 79.4 Å². The molecule has 0 radical (unpaired) electrons. The molecule has 0 atom stereocenters. The Bertz CT molecular complexity index is 1210. The van der Waals surface area contributed by atoms with Gasteiger partial charge in [-0.25, -0.2) is 8.42 Å². The van der Waals surface area contributed by atoms with Crippen molar-refractivity contribution in [3.8, 4) is 0 Å². The summed E-state index contributed by atoms with van der Waals surface area (Å²) in [4.78, 5) is 17.6. The highest BCUT2D eigenvalue weighted by atomic mass is 32.2. The SMILES string of the molecule is Cc1ccc2nc(C)c(C(=O)NCc3ccc(S(=O)(=O)N4CCCCC4)cc3)cc2c1. The highest BCUT2D eigenvalue weighted by Gasteiger charge is 2.25. The Morgan fingerprint density at radius 2 is 1.71 bits per heavy atom. The lowest BCUT2D eigenvalue weighted by Gasteiger charge is -2.25. The normalized spacial score (nSPS) is 15.2. The molecule has 7 heteroatoms. The van der Waals surface area contributed by atoms with Crippen LogP contribution in [-0.2, 0) is 16.6 Å². The van der Waals surface area contributed by atoms with E-state index in [4.69, 9.17) is 0 Å². The van der Waals surface area contributed by atoms with Crippen molar-refractivity contribution in [3.05, 3.63) is 70.9 Å². The van der Waals surface area contributed by atoms with Gasteiger partial charge in [0.25, 0.3) is 5.91 Å². The molecule has 1 saturated heterocycles. The Morgan fingerprint density at radius 3 is 2.42 bits per heavy atom. The Morgan fingerprint density at radius 1 is 1.00 bits per heavy atom. The largest absolute Gasteiger partial charge is 0.348 e. The van der Waals surface area contributed by atoms with Gasteiger partial charge in [-0.1, -0.05) is 30.2 Å². The van der Waals surface area contributed by atoms with Crippen molar-refractivity contribution >= 4 is 26.8 Å². The molecule has 1 amide bonds. The second-order valence-electron chi connectivity index (χ2n) is 8.11. The minimum Gasteiger partial charge on any atom is -0.348 e. The number of carbonyl (C=O) groups excluding carboxylic acids is 1. The zero-order valence-electron chi connectivity index (χ0n) is 17.9. The number of benzene rings is 2. The Kier molecular flexibility index (Phi) is 6.07. The molecule has 2 aromatic carbocycles. The van der Waals surface area contributed by atoms with Crippen LogP contribution in [0.4, 0.5) is 0 Å². The molecular weight excluding hydrogens is 410 g/mol. The van der Waals surface area contributed by atoms with Gasteiger partial charge in [0, 0.05) is 25.0 Å². The summed E-state index contributed by atoms with van der Waals surface area (Å²) in [6.07, 6.45) is 2.90. The maximum atomic E-state index is 12.8. The molecular formula is C24H27N3O3S. The second-order valence-corrected chi connectivity index (χ2v) is 10.0. The van der Waals surface area contributed by atoms with Crippen LogP contribution < -0.4 is 5.32 Å². The number of aryl methyl sites for hydroxylation is 2. The number of nitrogens with one attached hydrogen (secondary N) is 1. The van der Waals surface area contributed by atoms with Crippen molar-refractivity contribution in [2.24, 2.45) is 0 Å². The predicted octanol–water partition coefficient (Wildman–Crippen LogP) is 3.96. The van der Waals surface area contributed by atoms with E-state index in [1.807, 2.05) is 38.1 Å². The zero-order chi connectivity index (χ0) is 22.0.